The van der Waals surface area contributed by atoms with E-state index < -0.39 is 35.7 Å². The van der Waals surface area contributed by atoms with E-state index in [1.807, 2.05) is 0 Å². The van der Waals surface area contributed by atoms with Crippen molar-refractivity contribution in [2.24, 2.45) is 0 Å². The molecule has 1 aliphatic heterocycles. The third kappa shape index (κ3) is 4.80. The maximum absolute atomic E-state index is 11.5. The Morgan fingerprint density at radius 2 is 1.59 bits per heavy atom. The van der Waals surface area contributed by atoms with Gasteiger partial charge in [0.05, 0.1) is 6.61 Å². The largest absolute Gasteiger partial charge is 0.463 e. The van der Waals surface area contributed by atoms with Crippen LogP contribution in [-0.2, 0) is 38.1 Å². The van der Waals surface area contributed by atoms with Crippen molar-refractivity contribution < 1.29 is 38.1 Å². The molecule has 0 radical (unpaired) electrons. The second kappa shape index (κ2) is 7.35. The highest BCUT2D eigenvalue weighted by atomic mass is 16.7. The van der Waals surface area contributed by atoms with Gasteiger partial charge < -0.3 is 18.9 Å². The van der Waals surface area contributed by atoms with Crippen molar-refractivity contribution in [3.63, 3.8) is 0 Å². The van der Waals surface area contributed by atoms with Gasteiger partial charge in [-0.2, -0.15) is 0 Å². The first-order valence-electron chi connectivity index (χ1n) is 6.77. The molecule has 3 atom stereocenters. The van der Waals surface area contributed by atoms with Crippen LogP contribution in [-0.4, -0.2) is 54.7 Å². The Morgan fingerprint density at radius 3 is 2.05 bits per heavy atom. The molecule has 22 heavy (non-hydrogen) atoms. The van der Waals surface area contributed by atoms with Crippen LogP contribution in [0.5, 0.6) is 0 Å². The summed E-state index contributed by atoms with van der Waals surface area (Å²) in [5.74, 6) is -2.00. The molecular weight excluding hydrogens is 296 g/mol. The van der Waals surface area contributed by atoms with Crippen molar-refractivity contribution in [3.05, 3.63) is 0 Å². The summed E-state index contributed by atoms with van der Waals surface area (Å²) in [6.07, 6.45) is -2.04. The van der Waals surface area contributed by atoms with E-state index in [2.05, 4.69) is 0 Å². The van der Waals surface area contributed by atoms with Crippen molar-refractivity contribution in [1.82, 2.24) is 0 Å². The molecule has 0 bridgehead atoms. The lowest BCUT2D eigenvalue weighted by Gasteiger charge is -2.33. The smallest absolute Gasteiger partial charge is 0.303 e. The number of esters is 3. The van der Waals surface area contributed by atoms with E-state index in [0.29, 0.717) is 0 Å². The first kappa shape index (κ1) is 18.1. The quantitative estimate of drug-likeness (QED) is 0.504. The standard InChI is InChI=1S/C14H20O8/c1-8(15)5-14(7-19-9(2)16)13(22-11(4)18)12(6-20-14)21-10(3)17/h12-13H,5-7H2,1-4H3/t12-,13+,14+/m1/s1. The van der Waals surface area contributed by atoms with Gasteiger partial charge in [-0.1, -0.05) is 0 Å². The number of ether oxygens (including phenoxy) is 4. The minimum atomic E-state index is -1.36. The lowest BCUT2D eigenvalue weighted by atomic mass is 9.90. The third-order valence-corrected chi connectivity index (χ3v) is 3.07. The molecule has 0 aliphatic carbocycles. The van der Waals surface area contributed by atoms with Crippen LogP contribution >= 0.6 is 0 Å². The number of hydrogen-bond acceptors (Lipinski definition) is 8. The molecule has 0 N–H and O–H groups in total. The number of carbonyl (C=O) groups is 4. The Balaban J connectivity index is 3.07. The summed E-state index contributed by atoms with van der Waals surface area (Å²) < 4.78 is 20.8. The highest BCUT2D eigenvalue weighted by Gasteiger charge is 2.55. The molecule has 1 heterocycles. The summed E-state index contributed by atoms with van der Waals surface area (Å²) in [4.78, 5) is 45.1. The van der Waals surface area contributed by atoms with Gasteiger partial charge in [-0.25, -0.2) is 0 Å². The van der Waals surface area contributed by atoms with Crippen LogP contribution in [0.4, 0.5) is 0 Å². The number of hydrogen-bond donors (Lipinski definition) is 0. The topological polar surface area (TPSA) is 105 Å². The van der Waals surface area contributed by atoms with E-state index in [1.165, 1.54) is 27.7 Å². The summed E-state index contributed by atoms with van der Waals surface area (Å²) in [6, 6.07) is 0. The maximum atomic E-state index is 11.5. The number of Topliss-reactive ketones (excluding diaryl/α,β-unsaturated/α-hetero) is 1. The first-order chi connectivity index (χ1) is 10.2. The molecule has 0 aromatic carbocycles. The van der Waals surface area contributed by atoms with Gasteiger partial charge in [0.2, 0.25) is 0 Å². The van der Waals surface area contributed by atoms with Gasteiger partial charge in [-0.05, 0) is 6.92 Å². The van der Waals surface area contributed by atoms with Crippen molar-refractivity contribution >= 4 is 23.7 Å². The summed E-state index contributed by atoms with van der Waals surface area (Å²) in [7, 11) is 0. The fraction of sp³-hybridized carbons (Fsp3) is 0.714. The van der Waals surface area contributed by atoms with Crippen molar-refractivity contribution in [2.75, 3.05) is 13.2 Å². The monoisotopic (exact) mass is 316 g/mol. The van der Waals surface area contributed by atoms with Gasteiger partial charge in [0.15, 0.2) is 12.2 Å². The summed E-state index contributed by atoms with van der Waals surface area (Å²) in [6.45, 7) is 4.60. The molecule has 8 nitrogen and oxygen atoms in total. The number of carbonyl (C=O) groups excluding carboxylic acids is 4. The zero-order valence-corrected chi connectivity index (χ0v) is 13.0. The second-order valence-corrected chi connectivity index (χ2v) is 5.21. The minimum absolute atomic E-state index is 0.0634. The SMILES string of the molecule is CC(=O)C[C@@]1(COC(C)=O)OC[C@@H](OC(C)=O)[C@@H]1OC(C)=O. The van der Waals surface area contributed by atoms with Crippen molar-refractivity contribution in [3.8, 4) is 0 Å². The zero-order valence-electron chi connectivity index (χ0n) is 13.0. The number of rotatable bonds is 6. The summed E-state index contributed by atoms with van der Waals surface area (Å²) >= 11 is 0. The maximum Gasteiger partial charge on any atom is 0.303 e. The van der Waals surface area contributed by atoms with E-state index in [-0.39, 0.29) is 25.4 Å². The highest BCUT2D eigenvalue weighted by Crippen LogP contribution is 2.35. The van der Waals surface area contributed by atoms with Gasteiger partial charge >= 0.3 is 17.9 Å². The average molecular weight is 316 g/mol. The van der Waals surface area contributed by atoms with Gasteiger partial charge in [0, 0.05) is 27.2 Å². The molecule has 8 heteroatoms. The summed E-state index contributed by atoms with van der Waals surface area (Å²) in [5.41, 5.74) is -1.36. The van der Waals surface area contributed by atoms with E-state index in [1.54, 1.807) is 0 Å². The van der Waals surface area contributed by atoms with E-state index in [0.717, 1.165) is 0 Å². The average Bonchev–Trinajstić information content (AvgIpc) is 2.65. The Labute approximate surface area is 128 Å². The molecule has 0 spiro atoms. The van der Waals surface area contributed by atoms with E-state index >= 15 is 0 Å². The normalized spacial score (nSPS) is 27.1. The summed E-state index contributed by atoms with van der Waals surface area (Å²) in [5, 5.41) is 0. The zero-order chi connectivity index (χ0) is 16.9. The molecule has 1 aliphatic rings. The predicted molar refractivity (Wildman–Crippen MR) is 71.7 cm³/mol. The van der Waals surface area contributed by atoms with Crippen LogP contribution in [0.25, 0.3) is 0 Å². The Kier molecular flexibility index (Phi) is 6.04. The molecule has 0 amide bonds. The molecule has 1 rings (SSSR count). The molecule has 0 aromatic rings. The number of ketones is 1. The first-order valence-corrected chi connectivity index (χ1v) is 6.77. The van der Waals surface area contributed by atoms with Crippen molar-refractivity contribution in [2.45, 2.75) is 51.9 Å². The molecule has 0 saturated carbocycles. The van der Waals surface area contributed by atoms with Crippen LogP contribution in [0.3, 0.4) is 0 Å². The minimum Gasteiger partial charge on any atom is -0.463 e. The molecule has 124 valence electrons. The molecular formula is C14H20O8. The van der Waals surface area contributed by atoms with E-state index in [9.17, 15) is 19.2 Å². The fourth-order valence-corrected chi connectivity index (χ4v) is 2.40. The Morgan fingerprint density at radius 1 is 1.00 bits per heavy atom. The highest BCUT2D eigenvalue weighted by molar-refractivity contribution is 5.77. The van der Waals surface area contributed by atoms with E-state index in [4.69, 9.17) is 18.9 Å². The Hall–Kier alpha value is -1.96. The molecule has 0 unspecified atom stereocenters. The van der Waals surface area contributed by atoms with Crippen LogP contribution in [0.2, 0.25) is 0 Å². The molecule has 1 fully saturated rings. The van der Waals surface area contributed by atoms with Gasteiger partial charge in [-0.3, -0.25) is 19.2 Å². The van der Waals surface area contributed by atoms with Crippen LogP contribution < -0.4 is 0 Å². The molecule has 1 saturated heterocycles. The van der Waals surface area contributed by atoms with Gasteiger partial charge in [0.25, 0.3) is 0 Å². The van der Waals surface area contributed by atoms with Gasteiger partial charge in [0.1, 0.15) is 18.0 Å². The van der Waals surface area contributed by atoms with Gasteiger partial charge in [-0.15, -0.1) is 0 Å². The molecule has 0 aromatic heterocycles. The fourth-order valence-electron chi connectivity index (χ4n) is 2.40. The van der Waals surface area contributed by atoms with Crippen LogP contribution in [0.1, 0.15) is 34.1 Å². The Bertz CT molecular complexity index is 471. The van der Waals surface area contributed by atoms with Crippen molar-refractivity contribution in [1.29, 1.82) is 0 Å². The van der Waals surface area contributed by atoms with Crippen LogP contribution in [0.15, 0.2) is 0 Å². The lowest BCUT2D eigenvalue weighted by Crippen LogP contribution is -2.51. The van der Waals surface area contributed by atoms with Crippen LogP contribution in [0, 0.1) is 0 Å². The second-order valence-electron chi connectivity index (χ2n) is 5.21. The lowest BCUT2D eigenvalue weighted by molar-refractivity contribution is -0.178. The predicted octanol–water partition coefficient (Wildman–Crippen LogP) is 0.161. The third-order valence-electron chi connectivity index (χ3n) is 3.07.